The molecule has 1 aromatic heterocycles. The molecule has 0 N–H and O–H groups in total. The van der Waals surface area contributed by atoms with Gasteiger partial charge in [-0.25, -0.2) is 4.79 Å². The van der Waals surface area contributed by atoms with Gasteiger partial charge in [0.05, 0.1) is 13.2 Å². The number of aromatic nitrogens is 1. The van der Waals surface area contributed by atoms with E-state index in [0.717, 1.165) is 25.1 Å². The third-order valence-electron chi connectivity index (χ3n) is 6.04. The molecule has 1 atom stereocenters. The van der Waals surface area contributed by atoms with Gasteiger partial charge in [-0.2, -0.15) is 0 Å². The Bertz CT molecular complexity index is 658. The number of piperidine rings is 1. The van der Waals surface area contributed by atoms with E-state index in [1.54, 1.807) is 24.4 Å². The van der Waals surface area contributed by atoms with E-state index in [9.17, 15) is 9.59 Å². The summed E-state index contributed by atoms with van der Waals surface area (Å²) in [6.07, 6.45) is 5.83. The Morgan fingerprint density at radius 2 is 2.04 bits per heavy atom. The number of methoxy groups -OCH3 is 1. The largest absolute Gasteiger partial charge is 0.383 e. The Balaban J connectivity index is 1.82. The number of rotatable bonds is 7. The summed E-state index contributed by atoms with van der Waals surface area (Å²) in [5, 5.41) is 0. The molecule has 0 saturated carbocycles. The second-order valence-electron chi connectivity index (χ2n) is 7.50. The van der Waals surface area contributed by atoms with Gasteiger partial charge in [-0.15, -0.1) is 0 Å². The molecule has 7 heteroatoms. The van der Waals surface area contributed by atoms with Gasteiger partial charge in [-0.1, -0.05) is 13.0 Å². The van der Waals surface area contributed by atoms with Gasteiger partial charge < -0.3 is 14.5 Å². The molecule has 0 radical (unpaired) electrons. The van der Waals surface area contributed by atoms with Crippen LogP contribution in [-0.4, -0.2) is 76.6 Å². The van der Waals surface area contributed by atoms with Crippen molar-refractivity contribution in [2.75, 3.05) is 33.4 Å². The van der Waals surface area contributed by atoms with Gasteiger partial charge in [-0.05, 0) is 37.8 Å². The minimum absolute atomic E-state index is 0.0729. The first-order valence-corrected chi connectivity index (χ1v) is 9.79. The first-order chi connectivity index (χ1) is 13.0. The molecule has 1 spiro atoms. The van der Waals surface area contributed by atoms with Gasteiger partial charge >= 0.3 is 6.03 Å². The number of ether oxygens (including phenoxy) is 1. The summed E-state index contributed by atoms with van der Waals surface area (Å²) in [7, 11) is 1.62. The summed E-state index contributed by atoms with van der Waals surface area (Å²) < 4.78 is 5.21. The number of imide groups is 1. The molecule has 2 saturated heterocycles. The van der Waals surface area contributed by atoms with Crippen LogP contribution in [0.2, 0.25) is 0 Å². The van der Waals surface area contributed by atoms with Gasteiger partial charge in [0.25, 0.3) is 5.91 Å². The number of carbonyl (C=O) groups excluding carboxylic acids is 2. The van der Waals surface area contributed by atoms with Gasteiger partial charge in [0.15, 0.2) is 0 Å². The maximum atomic E-state index is 13.4. The van der Waals surface area contributed by atoms with Crippen LogP contribution in [0.3, 0.4) is 0 Å². The first kappa shape index (κ1) is 19.8. The quantitative estimate of drug-likeness (QED) is 0.684. The molecule has 0 unspecified atom stereocenters. The standard InChI is InChI=1S/C20H30N4O3/c1-4-16(2)22-10-7-20(8-11-22)18(25)23(15-17-6-5-9-21-14-17)19(26)24(20)12-13-27-3/h5-6,9,14,16H,4,7-8,10-13,15H2,1-3H3/t16-/m0/s1. The minimum Gasteiger partial charge on any atom is -0.383 e. The summed E-state index contributed by atoms with van der Waals surface area (Å²) in [4.78, 5) is 36.2. The maximum Gasteiger partial charge on any atom is 0.328 e. The van der Waals surface area contributed by atoms with Crippen molar-refractivity contribution in [3.63, 3.8) is 0 Å². The number of hydrogen-bond donors (Lipinski definition) is 0. The van der Waals surface area contributed by atoms with Crippen LogP contribution in [0.25, 0.3) is 0 Å². The molecule has 0 bridgehead atoms. The molecule has 3 rings (SSSR count). The van der Waals surface area contributed by atoms with E-state index in [-0.39, 0.29) is 18.5 Å². The summed E-state index contributed by atoms with van der Waals surface area (Å²) >= 11 is 0. The fourth-order valence-electron chi connectivity index (χ4n) is 4.16. The van der Waals surface area contributed by atoms with Crippen LogP contribution in [-0.2, 0) is 16.1 Å². The Kier molecular flexibility index (Phi) is 6.11. The summed E-state index contributed by atoms with van der Waals surface area (Å²) in [5.41, 5.74) is 0.127. The van der Waals surface area contributed by atoms with Gasteiger partial charge in [0.2, 0.25) is 0 Å². The zero-order valence-corrected chi connectivity index (χ0v) is 16.6. The summed E-state index contributed by atoms with van der Waals surface area (Å²) in [6.45, 7) is 7.20. The van der Waals surface area contributed by atoms with Crippen LogP contribution < -0.4 is 0 Å². The number of likely N-dealkylation sites (tertiary alicyclic amines) is 1. The van der Waals surface area contributed by atoms with Crippen molar-refractivity contribution in [3.8, 4) is 0 Å². The molecule has 2 aliphatic heterocycles. The number of pyridine rings is 1. The Morgan fingerprint density at radius 1 is 1.30 bits per heavy atom. The van der Waals surface area contributed by atoms with Crippen LogP contribution >= 0.6 is 0 Å². The van der Waals surface area contributed by atoms with E-state index in [0.29, 0.717) is 32.0 Å². The number of urea groups is 1. The zero-order chi connectivity index (χ0) is 19.4. The Hall–Kier alpha value is -1.99. The van der Waals surface area contributed by atoms with E-state index >= 15 is 0 Å². The van der Waals surface area contributed by atoms with E-state index in [1.807, 2.05) is 12.1 Å². The molecule has 3 heterocycles. The summed E-state index contributed by atoms with van der Waals surface area (Å²) in [6, 6.07) is 4.00. The molecule has 0 aliphatic carbocycles. The Labute approximate surface area is 161 Å². The van der Waals surface area contributed by atoms with E-state index < -0.39 is 5.54 Å². The zero-order valence-electron chi connectivity index (χ0n) is 16.6. The third-order valence-corrected chi connectivity index (χ3v) is 6.04. The maximum absolute atomic E-state index is 13.4. The molecular formula is C20H30N4O3. The topological polar surface area (TPSA) is 66.0 Å². The number of carbonyl (C=O) groups is 2. The second kappa shape index (κ2) is 8.35. The molecule has 2 fully saturated rings. The van der Waals surface area contributed by atoms with Crippen LogP contribution in [0.1, 0.15) is 38.7 Å². The van der Waals surface area contributed by atoms with Crippen LogP contribution in [0.4, 0.5) is 4.79 Å². The van der Waals surface area contributed by atoms with E-state index in [1.165, 1.54) is 4.90 Å². The molecular weight excluding hydrogens is 344 g/mol. The van der Waals surface area contributed by atoms with Gasteiger partial charge in [0, 0.05) is 45.2 Å². The van der Waals surface area contributed by atoms with Crippen molar-refractivity contribution >= 4 is 11.9 Å². The average molecular weight is 374 g/mol. The highest BCUT2D eigenvalue weighted by atomic mass is 16.5. The van der Waals surface area contributed by atoms with Crippen molar-refractivity contribution in [3.05, 3.63) is 30.1 Å². The molecule has 1 aromatic rings. The van der Waals surface area contributed by atoms with Crippen LogP contribution in [0.15, 0.2) is 24.5 Å². The summed E-state index contributed by atoms with van der Waals surface area (Å²) in [5.74, 6) is -0.0729. The fourth-order valence-corrected chi connectivity index (χ4v) is 4.16. The van der Waals surface area contributed by atoms with Gasteiger partial charge in [-0.3, -0.25) is 14.7 Å². The van der Waals surface area contributed by atoms with Crippen molar-refractivity contribution in [2.24, 2.45) is 0 Å². The monoisotopic (exact) mass is 374 g/mol. The lowest BCUT2D eigenvalue weighted by Gasteiger charge is -2.43. The normalized spacial score (nSPS) is 21.3. The second-order valence-corrected chi connectivity index (χ2v) is 7.50. The highest BCUT2D eigenvalue weighted by Crippen LogP contribution is 2.38. The van der Waals surface area contributed by atoms with Crippen LogP contribution in [0, 0.1) is 0 Å². The van der Waals surface area contributed by atoms with Gasteiger partial charge in [0.1, 0.15) is 5.54 Å². The predicted octanol–water partition coefficient (Wildman–Crippen LogP) is 2.13. The molecule has 0 aromatic carbocycles. The van der Waals surface area contributed by atoms with Crippen molar-refractivity contribution in [1.29, 1.82) is 0 Å². The van der Waals surface area contributed by atoms with E-state index in [4.69, 9.17) is 4.74 Å². The van der Waals surface area contributed by atoms with Crippen molar-refractivity contribution < 1.29 is 14.3 Å². The lowest BCUT2D eigenvalue weighted by Crippen LogP contribution is -2.58. The highest BCUT2D eigenvalue weighted by molar-refractivity contribution is 6.07. The molecule has 27 heavy (non-hydrogen) atoms. The van der Waals surface area contributed by atoms with Crippen molar-refractivity contribution in [1.82, 2.24) is 19.7 Å². The van der Waals surface area contributed by atoms with Crippen molar-refractivity contribution in [2.45, 2.75) is 51.2 Å². The first-order valence-electron chi connectivity index (χ1n) is 9.79. The van der Waals surface area contributed by atoms with E-state index in [2.05, 4.69) is 23.7 Å². The molecule has 7 nitrogen and oxygen atoms in total. The fraction of sp³-hybridized carbons (Fsp3) is 0.650. The number of nitrogens with zero attached hydrogens (tertiary/aromatic N) is 4. The average Bonchev–Trinajstić information content (AvgIpc) is 2.88. The third kappa shape index (κ3) is 3.71. The van der Waals surface area contributed by atoms with Crippen LogP contribution in [0.5, 0.6) is 0 Å². The minimum atomic E-state index is -0.734. The number of hydrogen-bond acceptors (Lipinski definition) is 5. The molecule has 148 valence electrons. The lowest BCUT2D eigenvalue weighted by molar-refractivity contribution is -0.136. The SMILES string of the molecule is CC[C@H](C)N1CCC2(CC1)C(=O)N(Cc1cccnc1)C(=O)N2CCOC. The lowest BCUT2D eigenvalue weighted by atomic mass is 9.85. The highest BCUT2D eigenvalue weighted by Gasteiger charge is 2.57. The number of amides is 3. The predicted molar refractivity (Wildman–Crippen MR) is 102 cm³/mol. The molecule has 2 aliphatic rings. The smallest absolute Gasteiger partial charge is 0.328 e. The molecule has 3 amide bonds. The Morgan fingerprint density at radius 3 is 2.63 bits per heavy atom.